The Morgan fingerprint density at radius 2 is 1.00 bits per heavy atom. The molecule has 1 N–H and O–H groups in total. The quantitative estimate of drug-likeness (QED) is 0.640. The number of halogens is 1. The molecule has 0 spiro atoms. The molecule has 12 heavy (non-hydrogen) atoms. The lowest BCUT2D eigenvalue weighted by molar-refractivity contribution is -0.00000754. The molecule has 0 unspecified atom stereocenters. The third-order valence-electron chi connectivity index (χ3n) is 0. The van der Waals surface area contributed by atoms with E-state index < -0.39 is 10.1 Å². The van der Waals surface area contributed by atoms with E-state index in [1.807, 2.05) is 13.8 Å². The second-order valence-corrected chi connectivity index (χ2v) is 2.20. The highest BCUT2D eigenvalue weighted by molar-refractivity contribution is 7.85. The average molecular weight is 271 g/mol. The molecule has 0 amide bonds. The minimum atomic E-state index is -3.67. The smallest absolute Gasteiger partial charge is 1.00 e. The molecule has 86 valence electrons. The predicted molar refractivity (Wildman–Crippen MR) is 56.9 cm³/mol. The molecule has 0 saturated carbocycles. The first-order valence-corrected chi connectivity index (χ1v) is 3.77. The van der Waals surface area contributed by atoms with Crippen molar-refractivity contribution >= 4 is 10.1 Å². The van der Waals surface area contributed by atoms with Crippen LogP contribution in [0.15, 0.2) is 0 Å². The van der Waals surface area contributed by atoms with Crippen LogP contribution in [0.25, 0.3) is 0 Å². The maximum atomic E-state index is 9.19. The van der Waals surface area contributed by atoms with Crippen LogP contribution in [0, 0.1) is 0 Å². The zero-order valence-corrected chi connectivity index (χ0v) is 7.45. The minimum absolute atomic E-state index is 0. The molecular weight excluding hydrogens is 244 g/mol. The maximum Gasteiger partial charge on any atom is 1.00 e. The van der Waals surface area contributed by atoms with Crippen molar-refractivity contribution in [3.63, 3.8) is 0 Å². The molecule has 0 atom stereocenters. The van der Waals surface area contributed by atoms with E-state index in [0.717, 1.165) is 0 Å². The van der Waals surface area contributed by atoms with Crippen molar-refractivity contribution < 1.29 is 31.4 Å². The van der Waals surface area contributed by atoms with E-state index in [2.05, 4.69) is 0 Å². The molecule has 0 aromatic rings. The lowest BCUT2D eigenvalue weighted by Crippen LogP contribution is -3.00. The Morgan fingerprint density at radius 3 is 1.00 bits per heavy atom. The Bertz CT molecular complexity index is 107. The molecule has 0 rings (SSSR count). The predicted octanol–water partition coefficient (Wildman–Crippen LogP) is 0.191. The van der Waals surface area contributed by atoms with Crippen LogP contribution in [0.1, 0.15) is 45.0 Å². The van der Waals surface area contributed by atoms with E-state index in [0.29, 0.717) is 6.26 Å². The Hall–Kier alpha value is 0.390. The van der Waals surface area contributed by atoms with E-state index in [4.69, 9.17) is 4.55 Å². The van der Waals surface area contributed by atoms with Crippen LogP contribution < -0.4 is 17.0 Å². The third kappa shape index (κ3) is 6020. The summed E-state index contributed by atoms with van der Waals surface area (Å²) in [6.07, 6.45) is 0.715. The highest BCUT2D eigenvalue weighted by atomic mass is 79.9. The Balaban J connectivity index is -0.00000000492. The SMILES string of the molecule is C.C.C.C.CC.CS(=O)(=O)O.[Br-].[H+]. The molecule has 0 saturated heterocycles. The van der Waals surface area contributed by atoms with Gasteiger partial charge in [0.2, 0.25) is 0 Å². The van der Waals surface area contributed by atoms with Crippen LogP contribution in [0.5, 0.6) is 0 Å². The van der Waals surface area contributed by atoms with Gasteiger partial charge in [0.05, 0.1) is 6.26 Å². The fourth-order valence-electron chi connectivity index (χ4n) is 0. The van der Waals surface area contributed by atoms with Crippen molar-refractivity contribution in [2.75, 3.05) is 6.26 Å². The monoisotopic (exact) mass is 270 g/mol. The second kappa shape index (κ2) is 30.1. The van der Waals surface area contributed by atoms with Crippen molar-refractivity contribution in [3.8, 4) is 0 Å². The van der Waals surface area contributed by atoms with Gasteiger partial charge >= 0.3 is 1.43 Å². The fourth-order valence-corrected chi connectivity index (χ4v) is 0. The summed E-state index contributed by atoms with van der Waals surface area (Å²) in [6.45, 7) is 4.00. The molecule has 0 radical (unpaired) electrons. The van der Waals surface area contributed by atoms with Crippen molar-refractivity contribution in [3.05, 3.63) is 0 Å². The van der Waals surface area contributed by atoms with Gasteiger partial charge in [-0.3, -0.25) is 4.55 Å². The number of rotatable bonds is 0. The highest BCUT2D eigenvalue weighted by Gasteiger charge is 1.81. The lowest BCUT2D eigenvalue weighted by Gasteiger charge is -1.69. The highest BCUT2D eigenvalue weighted by Crippen LogP contribution is 1.60. The van der Waals surface area contributed by atoms with Crippen molar-refractivity contribution in [1.82, 2.24) is 0 Å². The summed E-state index contributed by atoms with van der Waals surface area (Å²) >= 11 is 0. The summed E-state index contributed by atoms with van der Waals surface area (Å²) in [5, 5.41) is 0. The summed E-state index contributed by atoms with van der Waals surface area (Å²) in [5.74, 6) is 0. The molecule has 0 aromatic heterocycles. The summed E-state index contributed by atoms with van der Waals surface area (Å²) in [4.78, 5) is 0. The molecule has 3 nitrogen and oxygen atoms in total. The van der Waals surface area contributed by atoms with Gasteiger partial charge in [-0.2, -0.15) is 8.42 Å². The third-order valence-corrected chi connectivity index (χ3v) is 0. The van der Waals surface area contributed by atoms with E-state index in [9.17, 15) is 8.42 Å². The Morgan fingerprint density at radius 1 is 1.00 bits per heavy atom. The Kier molecular flexibility index (Phi) is 139. The summed E-state index contributed by atoms with van der Waals surface area (Å²) in [7, 11) is -3.67. The molecule has 0 aromatic carbocycles. The maximum absolute atomic E-state index is 9.19. The summed E-state index contributed by atoms with van der Waals surface area (Å²) in [5.41, 5.74) is 0. The minimum Gasteiger partial charge on any atom is -1.00 e. The van der Waals surface area contributed by atoms with Crippen LogP contribution in [0.4, 0.5) is 0 Å². The van der Waals surface area contributed by atoms with Crippen LogP contribution in [0.3, 0.4) is 0 Å². The lowest BCUT2D eigenvalue weighted by atomic mass is 11.0. The van der Waals surface area contributed by atoms with Crippen molar-refractivity contribution in [2.24, 2.45) is 0 Å². The number of hydrogen-bond acceptors (Lipinski definition) is 2. The van der Waals surface area contributed by atoms with Gasteiger partial charge in [-0.1, -0.05) is 43.6 Å². The van der Waals surface area contributed by atoms with E-state index in [1.54, 1.807) is 0 Å². The molecule has 5 heteroatoms. The van der Waals surface area contributed by atoms with E-state index in [-0.39, 0.29) is 48.1 Å². The van der Waals surface area contributed by atoms with Gasteiger partial charge in [0.1, 0.15) is 0 Å². The number of hydrogen-bond donors (Lipinski definition) is 1. The van der Waals surface area contributed by atoms with Crippen molar-refractivity contribution in [2.45, 2.75) is 43.6 Å². The van der Waals surface area contributed by atoms with Gasteiger partial charge < -0.3 is 17.0 Å². The van der Waals surface area contributed by atoms with Gasteiger partial charge in [0.15, 0.2) is 0 Å². The molecule has 0 aliphatic rings. The van der Waals surface area contributed by atoms with Gasteiger partial charge in [-0.15, -0.1) is 0 Å². The molecule has 0 fully saturated rings. The first-order chi connectivity index (χ1) is 3.00. The molecular formula is C7H27BrO3S. The summed E-state index contributed by atoms with van der Waals surface area (Å²) < 4.78 is 25.9. The zero-order valence-electron chi connectivity index (χ0n) is 6.05. The molecule has 0 bridgehead atoms. The van der Waals surface area contributed by atoms with Gasteiger partial charge in [0, 0.05) is 0 Å². The van der Waals surface area contributed by atoms with Crippen LogP contribution in [-0.2, 0) is 10.1 Å². The Labute approximate surface area is 91.6 Å². The normalized spacial score (nSPS) is 5.33. The van der Waals surface area contributed by atoms with Gasteiger partial charge in [-0.05, 0) is 0 Å². The zero-order chi connectivity index (χ0) is 6.50. The van der Waals surface area contributed by atoms with Crippen LogP contribution >= 0.6 is 0 Å². The molecule has 0 heterocycles. The second-order valence-electron chi connectivity index (χ2n) is 0.733. The van der Waals surface area contributed by atoms with Gasteiger partial charge in [0.25, 0.3) is 10.1 Å². The first-order valence-electron chi connectivity index (χ1n) is 1.92. The topological polar surface area (TPSA) is 54.4 Å². The van der Waals surface area contributed by atoms with Crippen molar-refractivity contribution in [1.29, 1.82) is 0 Å². The average Bonchev–Trinajstić information content (AvgIpc) is 1.36. The first kappa shape index (κ1) is 55.3. The molecule has 0 aliphatic carbocycles. The fraction of sp³-hybridized carbons (Fsp3) is 1.00. The largest absolute Gasteiger partial charge is 1.00 e. The summed E-state index contributed by atoms with van der Waals surface area (Å²) in [6, 6.07) is 0. The van der Waals surface area contributed by atoms with E-state index >= 15 is 0 Å². The van der Waals surface area contributed by atoms with Gasteiger partial charge in [-0.25, -0.2) is 0 Å². The standard InChI is InChI=1S/C2H6.CH4O3S.4CH4.BrH/c1-2;1-5(2,3)4;;;;;/h1-2H3;1H3,(H,2,3,4);4*1H4;1H. The molecule has 0 aliphatic heterocycles. The van der Waals surface area contributed by atoms with Crippen LogP contribution in [-0.4, -0.2) is 19.2 Å². The van der Waals surface area contributed by atoms with E-state index in [1.165, 1.54) is 0 Å². The van der Waals surface area contributed by atoms with Crippen LogP contribution in [0.2, 0.25) is 0 Å².